The average molecular weight is 306 g/mol. The number of phenolic OH excluding ortho intramolecular Hbond substituents is 2. The molecule has 0 saturated carbocycles. The van der Waals surface area contributed by atoms with Crippen LogP contribution in [0.1, 0.15) is 5.01 Å². The summed E-state index contributed by atoms with van der Waals surface area (Å²) in [5, 5.41) is 21.6. The number of carbonyl (C=O) groups excluding carboxylic acids is 1. The Kier molecular flexibility index (Phi) is 3.66. The number of rotatable bonds is 4. The van der Waals surface area contributed by atoms with E-state index >= 15 is 0 Å². The van der Waals surface area contributed by atoms with Gasteiger partial charge in [0.15, 0.2) is 11.5 Å². The van der Waals surface area contributed by atoms with E-state index in [4.69, 9.17) is 4.74 Å². The second kappa shape index (κ2) is 5.61. The molecule has 2 aromatic rings. The normalized spacial score (nSPS) is 14.5. The molecule has 1 aromatic heterocycles. The minimum absolute atomic E-state index is 0.151. The van der Waals surface area contributed by atoms with Gasteiger partial charge in [-0.05, 0) is 18.2 Å². The van der Waals surface area contributed by atoms with Crippen LogP contribution >= 0.6 is 11.3 Å². The van der Waals surface area contributed by atoms with E-state index in [-0.39, 0.29) is 17.6 Å². The number of benzene rings is 1. The lowest BCUT2D eigenvalue weighted by Gasteiger charge is -2.10. The molecule has 2 N–H and O–H groups in total. The molecule has 1 aromatic carbocycles. The van der Waals surface area contributed by atoms with Crippen LogP contribution in [0, 0.1) is 0 Å². The first-order valence-electron chi connectivity index (χ1n) is 6.52. The molecule has 0 spiro atoms. The van der Waals surface area contributed by atoms with Crippen molar-refractivity contribution in [2.75, 3.05) is 19.7 Å². The Bertz CT molecular complexity index is 671. The average Bonchev–Trinajstić information content (AvgIpc) is 3.09. The van der Waals surface area contributed by atoms with Crippen molar-refractivity contribution in [3.8, 4) is 22.8 Å². The highest BCUT2D eigenvalue weighted by Gasteiger charge is 2.21. The number of ether oxygens (including phenoxy) is 1. The number of nitrogens with zero attached hydrogens (tertiary/aromatic N) is 2. The van der Waals surface area contributed by atoms with E-state index < -0.39 is 0 Å². The van der Waals surface area contributed by atoms with Crippen LogP contribution in [0.3, 0.4) is 0 Å². The zero-order valence-electron chi connectivity index (χ0n) is 11.2. The van der Waals surface area contributed by atoms with E-state index in [9.17, 15) is 15.0 Å². The van der Waals surface area contributed by atoms with Crippen LogP contribution in [0.5, 0.6) is 11.5 Å². The quantitative estimate of drug-likeness (QED) is 0.846. The summed E-state index contributed by atoms with van der Waals surface area (Å²) in [7, 11) is 0. The smallest absolute Gasteiger partial charge is 0.409 e. The first-order chi connectivity index (χ1) is 10.1. The fourth-order valence-corrected chi connectivity index (χ4v) is 2.90. The van der Waals surface area contributed by atoms with Crippen molar-refractivity contribution in [1.82, 2.24) is 9.88 Å². The van der Waals surface area contributed by atoms with Crippen molar-refractivity contribution in [1.29, 1.82) is 0 Å². The lowest BCUT2D eigenvalue weighted by molar-refractivity contribution is 0.159. The molecule has 0 bridgehead atoms. The summed E-state index contributed by atoms with van der Waals surface area (Å²) >= 11 is 1.51. The van der Waals surface area contributed by atoms with Gasteiger partial charge in [-0.1, -0.05) is 0 Å². The number of hydrogen-bond donors (Lipinski definition) is 2. The summed E-state index contributed by atoms with van der Waals surface area (Å²) in [5.41, 5.74) is 1.49. The maximum Gasteiger partial charge on any atom is 0.409 e. The summed E-state index contributed by atoms with van der Waals surface area (Å²) in [6.07, 6.45) is 0.402. The third-order valence-electron chi connectivity index (χ3n) is 3.26. The Balaban J connectivity index is 1.68. The Morgan fingerprint density at radius 3 is 2.90 bits per heavy atom. The van der Waals surface area contributed by atoms with Crippen molar-refractivity contribution in [2.45, 2.75) is 6.42 Å². The van der Waals surface area contributed by atoms with E-state index in [1.807, 2.05) is 5.38 Å². The summed E-state index contributed by atoms with van der Waals surface area (Å²) in [5.74, 6) is -0.316. The Morgan fingerprint density at radius 1 is 1.33 bits per heavy atom. The summed E-state index contributed by atoms with van der Waals surface area (Å²) in [6, 6.07) is 4.61. The number of carbonyl (C=O) groups is 1. The standard InChI is InChI=1S/C14H14N2O4S/c17-11-2-1-9(7-12(11)18)10-8-21-13(15-10)3-4-16-5-6-20-14(16)19/h1-2,7-8,17-18H,3-6H2. The molecule has 6 nitrogen and oxygen atoms in total. The molecule has 0 aliphatic carbocycles. The highest BCUT2D eigenvalue weighted by atomic mass is 32.1. The van der Waals surface area contributed by atoms with E-state index in [1.54, 1.807) is 11.0 Å². The number of hydrogen-bond acceptors (Lipinski definition) is 6. The van der Waals surface area contributed by atoms with Gasteiger partial charge in [0, 0.05) is 23.9 Å². The fourth-order valence-electron chi connectivity index (χ4n) is 2.10. The topological polar surface area (TPSA) is 82.9 Å². The van der Waals surface area contributed by atoms with Crippen LogP contribution in [0.2, 0.25) is 0 Å². The summed E-state index contributed by atoms with van der Waals surface area (Å²) in [6.45, 7) is 1.67. The predicted octanol–water partition coefficient (Wildman–Crippen LogP) is 2.22. The van der Waals surface area contributed by atoms with Gasteiger partial charge in [0.1, 0.15) is 6.61 Å². The second-order valence-electron chi connectivity index (χ2n) is 4.68. The van der Waals surface area contributed by atoms with Crippen molar-refractivity contribution < 1.29 is 19.7 Å². The number of aromatic hydroxyl groups is 2. The predicted molar refractivity (Wildman–Crippen MR) is 77.5 cm³/mol. The molecule has 0 atom stereocenters. The molecule has 1 fully saturated rings. The van der Waals surface area contributed by atoms with Gasteiger partial charge < -0.3 is 19.8 Å². The lowest BCUT2D eigenvalue weighted by atomic mass is 10.1. The lowest BCUT2D eigenvalue weighted by Crippen LogP contribution is -2.26. The highest BCUT2D eigenvalue weighted by Crippen LogP contribution is 2.31. The molecular formula is C14H14N2O4S. The number of aromatic nitrogens is 1. The van der Waals surface area contributed by atoms with E-state index in [2.05, 4.69) is 4.98 Å². The van der Waals surface area contributed by atoms with Gasteiger partial charge in [-0.2, -0.15) is 0 Å². The molecule has 1 amide bonds. The van der Waals surface area contributed by atoms with Gasteiger partial charge in [-0.15, -0.1) is 11.3 Å². The van der Waals surface area contributed by atoms with Crippen LogP contribution in [0.15, 0.2) is 23.6 Å². The van der Waals surface area contributed by atoms with Gasteiger partial charge in [-0.3, -0.25) is 0 Å². The third kappa shape index (κ3) is 2.92. The zero-order valence-corrected chi connectivity index (χ0v) is 12.0. The van der Waals surface area contributed by atoms with E-state index in [1.165, 1.54) is 23.5 Å². The number of phenols is 2. The highest BCUT2D eigenvalue weighted by molar-refractivity contribution is 7.09. The Hall–Kier alpha value is -2.28. The number of cyclic esters (lactones) is 1. The first kappa shape index (κ1) is 13.7. The molecule has 0 unspecified atom stereocenters. The van der Waals surface area contributed by atoms with Crippen molar-refractivity contribution in [3.63, 3.8) is 0 Å². The Labute approximate surface area is 125 Å². The largest absolute Gasteiger partial charge is 0.504 e. The van der Waals surface area contributed by atoms with Crippen LogP contribution in [-0.2, 0) is 11.2 Å². The number of thiazole rings is 1. The number of amides is 1. The van der Waals surface area contributed by atoms with Gasteiger partial charge in [-0.25, -0.2) is 9.78 Å². The SMILES string of the molecule is O=C1OCCN1CCc1nc(-c2ccc(O)c(O)c2)cs1. The van der Waals surface area contributed by atoms with Crippen LogP contribution in [0.4, 0.5) is 4.79 Å². The minimum atomic E-state index is -0.268. The van der Waals surface area contributed by atoms with Gasteiger partial charge >= 0.3 is 6.09 Å². The summed E-state index contributed by atoms with van der Waals surface area (Å²) in [4.78, 5) is 17.5. The van der Waals surface area contributed by atoms with Crippen LogP contribution in [-0.4, -0.2) is 45.9 Å². The molecular weight excluding hydrogens is 292 g/mol. The van der Waals surface area contributed by atoms with E-state index in [0.29, 0.717) is 26.1 Å². The summed E-state index contributed by atoms with van der Waals surface area (Å²) < 4.78 is 4.87. The van der Waals surface area contributed by atoms with Crippen LogP contribution < -0.4 is 0 Å². The molecule has 21 heavy (non-hydrogen) atoms. The molecule has 110 valence electrons. The van der Waals surface area contributed by atoms with Gasteiger partial charge in [0.05, 0.1) is 17.2 Å². The molecule has 1 aliphatic heterocycles. The molecule has 2 heterocycles. The second-order valence-corrected chi connectivity index (χ2v) is 5.62. The minimum Gasteiger partial charge on any atom is -0.504 e. The molecule has 1 aliphatic rings. The van der Waals surface area contributed by atoms with Crippen molar-refractivity contribution in [3.05, 3.63) is 28.6 Å². The molecule has 0 radical (unpaired) electrons. The maximum atomic E-state index is 11.3. The monoisotopic (exact) mass is 306 g/mol. The van der Waals surface area contributed by atoms with Crippen LogP contribution in [0.25, 0.3) is 11.3 Å². The van der Waals surface area contributed by atoms with Crippen molar-refractivity contribution in [2.24, 2.45) is 0 Å². The third-order valence-corrected chi connectivity index (χ3v) is 4.17. The van der Waals surface area contributed by atoms with Gasteiger partial charge in [0.25, 0.3) is 0 Å². The maximum absolute atomic E-state index is 11.3. The van der Waals surface area contributed by atoms with Crippen molar-refractivity contribution >= 4 is 17.4 Å². The molecule has 3 rings (SSSR count). The fraction of sp³-hybridized carbons (Fsp3) is 0.286. The zero-order chi connectivity index (χ0) is 14.8. The molecule has 7 heteroatoms. The van der Waals surface area contributed by atoms with E-state index in [0.717, 1.165) is 16.3 Å². The first-order valence-corrected chi connectivity index (χ1v) is 7.40. The Morgan fingerprint density at radius 2 is 2.19 bits per heavy atom. The molecule has 1 saturated heterocycles. The van der Waals surface area contributed by atoms with Gasteiger partial charge in [0.2, 0.25) is 0 Å².